The lowest BCUT2D eigenvalue weighted by molar-refractivity contribution is -0.0511. The summed E-state index contributed by atoms with van der Waals surface area (Å²) < 4.78 is 9.48. The van der Waals surface area contributed by atoms with Gasteiger partial charge in [0.15, 0.2) is 23.2 Å². The van der Waals surface area contributed by atoms with E-state index in [4.69, 9.17) is 4.74 Å². The van der Waals surface area contributed by atoms with Crippen molar-refractivity contribution in [1.29, 1.82) is 0 Å². The molecule has 1 fully saturated rings. The van der Waals surface area contributed by atoms with Gasteiger partial charge >= 0.3 is 0 Å². The summed E-state index contributed by atoms with van der Waals surface area (Å²) >= 11 is 0. The van der Waals surface area contributed by atoms with E-state index in [2.05, 4.69) is 79.6 Å². The predicted molar refractivity (Wildman–Crippen MR) is 138 cm³/mol. The number of aromatic nitrogens is 5. The van der Waals surface area contributed by atoms with E-state index in [1.807, 2.05) is 6.07 Å². The fourth-order valence-corrected chi connectivity index (χ4v) is 5.03. The minimum atomic E-state index is -1.21. The first-order chi connectivity index (χ1) is 18.1. The third-order valence-electron chi connectivity index (χ3n) is 6.90. The lowest BCUT2D eigenvalue weighted by Crippen LogP contribution is -2.33. The number of ether oxygens (including phenoxy) is 1. The van der Waals surface area contributed by atoms with Crippen molar-refractivity contribution >= 4 is 27.9 Å². The summed E-state index contributed by atoms with van der Waals surface area (Å²) in [6.07, 6.45) is 1.73. The highest BCUT2D eigenvalue weighted by atomic mass is 16.6. The first kappa shape index (κ1) is 23.6. The molecule has 0 aliphatic carbocycles. The molecule has 2 aromatic carbocycles. The van der Waals surface area contributed by atoms with Crippen LogP contribution in [0.4, 0.5) is 5.82 Å². The van der Waals surface area contributed by atoms with Crippen LogP contribution in [0.1, 0.15) is 17.4 Å². The van der Waals surface area contributed by atoms with E-state index >= 15 is 0 Å². The van der Waals surface area contributed by atoms with Gasteiger partial charge in [-0.25, -0.2) is 15.0 Å². The van der Waals surface area contributed by atoms with Crippen molar-refractivity contribution in [2.24, 2.45) is 0 Å². The van der Waals surface area contributed by atoms with Crippen molar-refractivity contribution in [3.05, 3.63) is 84.6 Å². The molecule has 10 heteroatoms. The van der Waals surface area contributed by atoms with E-state index in [0.29, 0.717) is 23.5 Å². The quantitative estimate of drug-likeness (QED) is 0.255. The summed E-state index contributed by atoms with van der Waals surface area (Å²) in [6.45, 7) is 1.04. The average Bonchev–Trinajstić information content (AvgIpc) is 3.59. The van der Waals surface area contributed by atoms with E-state index in [-0.39, 0.29) is 0 Å². The summed E-state index contributed by atoms with van der Waals surface area (Å²) in [6, 6.07) is 18.8. The Morgan fingerprint density at radius 3 is 2.57 bits per heavy atom. The first-order valence-electron chi connectivity index (χ1n) is 12.3. The van der Waals surface area contributed by atoms with Gasteiger partial charge in [0.25, 0.3) is 0 Å². The maximum absolute atomic E-state index is 10.4. The van der Waals surface area contributed by atoms with E-state index in [1.54, 1.807) is 4.57 Å². The summed E-state index contributed by atoms with van der Waals surface area (Å²) in [5.74, 6) is 0.573. The smallest absolute Gasteiger partial charge is 0.167 e. The fourth-order valence-electron chi connectivity index (χ4n) is 5.03. The van der Waals surface area contributed by atoms with Crippen molar-refractivity contribution in [3.8, 4) is 0 Å². The molecule has 1 saturated heterocycles. The van der Waals surface area contributed by atoms with Gasteiger partial charge in [0.1, 0.15) is 24.6 Å². The second-order valence-electron chi connectivity index (χ2n) is 9.24. The Labute approximate surface area is 212 Å². The molecular formula is C27H28N6O4. The van der Waals surface area contributed by atoms with Gasteiger partial charge in [-0.1, -0.05) is 48.5 Å². The Bertz CT molecular complexity index is 1520. The molecule has 190 valence electrons. The van der Waals surface area contributed by atoms with Gasteiger partial charge in [-0.15, -0.1) is 0 Å². The van der Waals surface area contributed by atoms with Crippen molar-refractivity contribution < 1.29 is 20.1 Å². The van der Waals surface area contributed by atoms with Crippen molar-refractivity contribution in [2.75, 3.05) is 18.5 Å². The van der Waals surface area contributed by atoms with Crippen LogP contribution in [0.5, 0.6) is 0 Å². The van der Waals surface area contributed by atoms with Gasteiger partial charge < -0.3 is 29.9 Å². The zero-order valence-electron chi connectivity index (χ0n) is 20.1. The molecule has 0 bridgehead atoms. The monoisotopic (exact) mass is 500 g/mol. The second-order valence-corrected chi connectivity index (χ2v) is 9.24. The molecule has 10 nitrogen and oxygen atoms in total. The standard InChI is InChI=1S/C27H28N6O4/c34-14-21-23(35)24(36)27(37-21)33-16-31-22-25(29-15-30-26(22)33)28-11-10-18-13-32(12-17-6-2-1-3-7-17)20-9-5-4-8-19(18)20/h1-9,13,15-16,21,23-24,27,34-36H,10-12,14H2,(H,28,29,30)/t21-,23?,24?,27-/m1/s1. The largest absolute Gasteiger partial charge is 0.394 e. The summed E-state index contributed by atoms with van der Waals surface area (Å²) in [5.41, 5.74) is 4.68. The zero-order chi connectivity index (χ0) is 25.4. The molecule has 0 saturated carbocycles. The molecular weight excluding hydrogens is 472 g/mol. The van der Waals surface area contributed by atoms with E-state index < -0.39 is 31.1 Å². The molecule has 4 atom stereocenters. The summed E-state index contributed by atoms with van der Waals surface area (Å²) in [5, 5.41) is 34.5. The van der Waals surface area contributed by atoms with Gasteiger partial charge in [0, 0.05) is 30.2 Å². The molecule has 2 unspecified atom stereocenters. The Morgan fingerprint density at radius 2 is 1.76 bits per heavy atom. The minimum absolute atomic E-state index is 0.398. The van der Waals surface area contributed by atoms with Gasteiger partial charge in [0.05, 0.1) is 12.9 Å². The highest BCUT2D eigenvalue weighted by Gasteiger charge is 2.44. The second kappa shape index (κ2) is 9.91. The van der Waals surface area contributed by atoms with Crippen molar-refractivity contribution in [1.82, 2.24) is 24.1 Å². The normalized spacial score (nSPS) is 21.7. The van der Waals surface area contributed by atoms with Crippen molar-refractivity contribution in [3.63, 3.8) is 0 Å². The molecule has 6 rings (SSSR count). The van der Waals surface area contributed by atoms with Crippen LogP contribution in [0, 0.1) is 0 Å². The number of para-hydroxylation sites is 1. The lowest BCUT2D eigenvalue weighted by atomic mass is 10.1. The summed E-state index contributed by atoms with van der Waals surface area (Å²) in [4.78, 5) is 13.1. The molecule has 0 radical (unpaired) electrons. The van der Waals surface area contributed by atoms with Crippen LogP contribution in [0.25, 0.3) is 22.1 Å². The Balaban J connectivity index is 1.20. The van der Waals surface area contributed by atoms with Crippen molar-refractivity contribution in [2.45, 2.75) is 37.5 Å². The number of hydrogen-bond donors (Lipinski definition) is 4. The van der Waals surface area contributed by atoms with Gasteiger partial charge in [0.2, 0.25) is 0 Å². The zero-order valence-corrected chi connectivity index (χ0v) is 20.1. The van der Waals surface area contributed by atoms with Crippen LogP contribution in [0.3, 0.4) is 0 Å². The maximum atomic E-state index is 10.4. The lowest BCUT2D eigenvalue weighted by Gasteiger charge is -2.16. The van der Waals surface area contributed by atoms with E-state index in [1.165, 1.54) is 34.7 Å². The molecule has 0 spiro atoms. The number of hydrogen-bond acceptors (Lipinski definition) is 8. The van der Waals surface area contributed by atoms with E-state index in [9.17, 15) is 15.3 Å². The van der Waals surface area contributed by atoms with Crippen LogP contribution in [-0.4, -0.2) is 70.9 Å². The predicted octanol–water partition coefficient (Wildman–Crippen LogP) is 2.10. The van der Waals surface area contributed by atoms with Crippen LogP contribution >= 0.6 is 0 Å². The Hall–Kier alpha value is -3.83. The topological polar surface area (TPSA) is 130 Å². The number of aliphatic hydroxyl groups excluding tert-OH is 3. The van der Waals surface area contributed by atoms with Gasteiger partial charge in [-0.2, -0.15) is 0 Å². The van der Waals surface area contributed by atoms with Crippen LogP contribution in [0.15, 0.2) is 73.4 Å². The molecule has 3 aromatic heterocycles. The maximum Gasteiger partial charge on any atom is 0.167 e. The van der Waals surface area contributed by atoms with Gasteiger partial charge in [-0.05, 0) is 23.6 Å². The first-order valence-corrected chi connectivity index (χ1v) is 12.3. The Morgan fingerprint density at radius 1 is 0.946 bits per heavy atom. The van der Waals surface area contributed by atoms with Crippen LogP contribution < -0.4 is 5.32 Å². The Kier molecular flexibility index (Phi) is 6.31. The number of nitrogens with zero attached hydrogens (tertiary/aromatic N) is 5. The van der Waals surface area contributed by atoms with E-state index in [0.717, 1.165) is 13.0 Å². The number of benzene rings is 2. The van der Waals surface area contributed by atoms with Gasteiger partial charge in [-0.3, -0.25) is 4.57 Å². The molecule has 5 aromatic rings. The summed E-state index contributed by atoms with van der Waals surface area (Å²) in [7, 11) is 0. The molecule has 37 heavy (non-hydrogen) atoms. The van der Waals surface area contributed by atoms with Crippen LogP contribution in [0.2, 0.25) is 0 Å². The molecule has 4 N–H and O–H groups in total. The third kappa shape index (κ3) is 4.34. The SMILES string of the molecule is OC[C@H]1O[C@@H](n2cnc3c(NCCc4cn(Cc5ccccc5)c5ccccc45)ncnc32)C(O)C1O. The minimum Gasteiger partial charge on any atom is -0.394 e. The molecule has 1 aliphatic heterocycles. The highest BCUT2D eigenvalue weighted by molar-refractivity contribution is 5.85. The average molecular weight is 501 g/mol. The number of fused-ring (bicyclic) bond motifs is 2. The molecule has 1 aliphatic rings. The van der Waals surface area contributed by atoms with Crippen LogP contribution in [-0.2, 0) is 17.7 Å². The number of aliphatic hydroxyl groups is 3. The number of rotatable bonds is 8. The molecule has 0 amide bonds. The third-order valence-corrected chi connectivity index (χ3v) is 6.90. The fraction of sp³-hybridized carbons (Fsp3) is 0.296. The molecule has 4 heterocycles. The number of anilines is 1. The highest BCUT2D eigenvalue weighted by Crippen LogP contribution is 2.32. The number of nitrogens with one attached hydrogen (secondary N) is 1. The number of imidazole rings is 1.